The van der Waals surface area contributed by atoms with Crippen molar-refractivity contribution in [3.8, 4) is 0 Å². The number of aromatic nitrogens is 1. The molecule has 1 saturated heterocycles. The van der Waals surface area contributed by atoms with Crippen LogP contribution >= 0.6 is 0 Å². The van der Waals surface area contributed by atoms with E-state index in [0.717, 1.165) is 17.8 Å². The Labute approximate surface area is 153 Å². The Morgan fingerprint density at radius 2 is 1.58 bits per heavy atom. The molecular weight excluding hydrogens is 328 g/mol. The fourth-order valence-corrected chi connectivity index (χ4v) is 2.97. The number of carbonyl (C=O) groups is 2. The second-order valence-corrected chi connectivity index (χ2v) is 6.41. The average molecular weight is 352 g/mol. The predicted molar refractivity (Wildman–Crippen MR) is 101 cm³/mol. The Morgan fingerprint density at radius 3 is 2.12 bits per heavy atom. The minimum atomic E-state index is -0.0907. The minimum Gasteiger partial charge on any atom is -0.354 e. The summed E-state index contributed by atoms with van der Waals surface area (Å²) < 4.78 is 0. The van der Waals surface area contributed by atoms with Crippen molar-refractivity contribution in [1.29, 1.82) is 0 Å². The fraction of sp³-hybridized carbons (Fsp3) is 0.350. The molecule has 1 aliphatic rings. The van der Waals surface area contributed by atoms with Crippen molar-refractivity contribution in [3.05, 3.63) is 53.9 Å². The third-order valence-electron chi connectivity index (χ3n) is 4.65. The maximum atomic E-state index is 12.6. The lowest BCUT2D eigenvalue weighted by atomic mass is 10.1. The first kappa shape index (κ1) is 17.9. The van der Waals surface area contributed by atoms with Crippen molar-refractivity contribution in [1.82, 2.24) is 14.8 Å². The van der Waals surface area contributed by atoms with Crippen molar-refractivity contribution < 1.29 is 9.59 Å². The third-order valence-corrected chi connectivity index (χ3v) is 4.65. The van der Waals surface area contributed by atoms with Crippen LogP contribution < -0.4 is 5.32 Å². The molecule has 0 radical (unpaired) electrons. The van der Waals surface area contributed by atoms with E-state index in [2.05, 4.69) is 29.4 Å². The largest absolute Gasteiger partial charge is 0.354 e. The maximum Gasteiger partial charge on any atom is 0.272 e. The van der Waals surface area contributed by atoms with E-state index in [4.69, 9.17) is 0 Å². The van der Waals surface area contributed by atoms with Crippen molar-refractivity contribution in [2.45, 2.75) is 20.3 Å². The van der Waals surface area contributed by atoms with Crippen LogP contribution in [-0.2, 0) is 11.2 Å². The summed E-state index contributed by atoms with van der Waals surface area (Å²) in [7, 11) is 0. The van der Waals surface area contributed by atoms with Crippen LogP contribution in [-0.4, -0.2) is 52.8 Å². The zero-order chi connectivity index (χ0) is 18.5. The summed E-state index contributed by atoms with van der Waals surface area (Å²) in [6, 6.07) is 11.9. The molecule has 0 saturated carbocycles. The van der Waals surface area contributed by atoms with Crippen LogP contribution in [0.1, 0.15) is 29.9 Å². The number of hydrogen-bond acceptors (Lipinski definition) is 4. The number of hydrogen-bond donors (Lipinski definition) is 1. The molecule has 0 spiro atoms. The number of anilines is 2. The molecule has 0 bridgehead atoms. The number of piperazine rings is 1. The van der Waals surface area contributed by atoms with Crippen molar-refractivity contribution in [2.75, 3.05) is 31.5 Å². The molecule has 1 N–H and O–H groups in total. The van der Waals surface area contributed by atoms with Gasteiger partial charge in [-0.1, -0.05) is 19.1 Å². The topological polar surface area (TPSA) is 65.5 Å². The quantitative estimate of drug-likeness (QED) is 0.919. The van der Waals surface area contributed by atoms with Crippen LogP contribution in [0.5, 0.6) is 0 Å². The van der Waals surface area contributed by atoms with E-state index in [0.29, 0.717) is 31.9 Å². The van der Waals surface area contributed by atoms with E-state index in [-0.39, 0.29) is 11.8 Å². The Bertz CT molecular complexity index is 763. The molecule has 1 aliphatic heterocycles. The normalized spacial score (nSPS) is 14.2. The smallest absolute Gasteiger partial charge is 0.272 e. The number of nitrogens with one attached hydrogen (secondary N) is 1. The number of pyridine rings is 1. The van der Waals surface area contributed by atoms with E-state index in [1.807, 2.05) is 18.2 Å². The van der Waals surface area contributed by atoms with Gasteiger partial charge in [-0.2, -0.15) is 0 Å². The molecule has 0 unspecified atom stereocenters. The molecule has 6 nitrogen and oxygen atoms in total. The van der Waals surface area contributed by atoms with Crippen LogP contribution in [0.4, 0.5) is 11.4 Å². The first-order valence-electron chi connectivity index (χ1n) is 8.93. The molecule has 1 aromatic heterocycles. The number of carbonyl (C=O) groups excluding carboxylic acids is 2. The summed E-state index contributed by atoms with van der Waals surface area (Å²) in [5.74, 6) is -0.0373. The highest BCUT2D eigenvalue weighted by atomic mass is 16.2. The summed E-state index contributed by atoms with van der Waals surface area (Å²) in [6.07, 6.45) is 2.69. The highest BCUT2D eigenvalue weighted by molar-refractivity contribution is 5.92. The van der Waals surface area contributed by atoms with Crippen LogP contribution in [0.15, 0.2) is 42.6 Å². The summed E-state index contributed by atoms with van der Waals surface area (Å²) in [6.45, 7) is 5.93. The van der Waals surface area contributed by atoms with Gasteiger partial charge in [0.05, 0.1) is 11.9 Å². The zero-order valence-corrected chi connectivity index (χ0v) is 15.2. The second kappa shape index (κ2) is 7.99. The van der Waals surface area contributed by atoms with Crippen LogP contribution in [0.2, 0.25) is 0 Å². The van der Waals surface area contributed by atoms with E-state index in [1.54, 1.807) is 29.0 Å². The van der Waals surface area contributed by atoms with Crippen molar-refractivity contribution in [2.24, 2.45) is 0 Å². The van der Waals surface area contributed by atoms with Crippen molar-refractivity contribution >= 4 is 23.2 Å². The Kier molecular flexibility index (Phi) is 5.51. The standard InChI is InChI=1S/C20H24N4O2/c1-3-16-4-6-17(7-5-16)22-18-8-9-19(21-14-18)20(26)24-12-10-23(11-13-24)15(2)25/h4-9,14,22H,3,10-13H2,1-2H3. The van der Waals surface area contributed by atoms with E-state index < -0.39 is 0 Å². The second-order valence-electron chi connectivity index (χ2n) is 6.41. The van der Waals surface area contributed by atoms with Crippen LogP contribution in [0, 0.1) is 0 Å². The molecule has 2 amide bonds. The van der Waals surface area contributed by atoms with Gasteiger partial charge in [0.25, 0.3) is 5.91 Å². The van der Waals surface area contributed by atoms with E-state index in [1.165, 1.54) is 5.56 Å². The first-order valence-corrected chi connectivity index (χ1v) is 8.93. The SMILES string of the molecule is CCc1ccc(Nc2ccc(C(=O)N3CCN(C(C)=O)CC3)nc2)cc1. The van der Waals surface area contributed by atoms with Gasteiger partial charge in [-0.3, -0.25) is 9.59 Å². The summed E-state index contributed by atoms with van der Waals surface area (Å²) in [4.78, 5) is 31.7. The lowest BCUT2D eigenvalue weighted by Gasteiger charge is -2.34. The molecule has 1 fully saturated rings. The monoisotopic (exact) mass is 352 g/mol. The van der Waals surface area contributed by atoms with Gasteiger partial charge in [0.1, 0.15) is 5.69 Å². The Balaban J connectivity index is 1.60. The first-order chi connectivity index (χ1) is 12.6. The van der Waals surface area contributed by atoms with Gasteiger partial charge in [-0.05, 0) is 36.2 Å². The van der Waals surface area contributed by atoms with Gasteiger partial charge in [0.15, 0.2) is 0 Å². The molecule has 0 aliphatic carbocycles. The third kappa shape index (κ3) is 4.20. The number of benzene rings is 1. The molecule has 136 valence electrons. The fourth-order valence-electron chi connectivity index (χ4n) is 2.97. The number of aryl methyl sites for hydroxylation is 1. The van der Waals surface area contributed by atoms with Crippen LogP contribution in [0.3, 0.4) is 0 Å². The average Bonchev–Trinajstić information content (AvgIpc) is 2.69. The van der Waals surface area contributed by atoms with Gasteiger partial charge < -0.3 is 15.1 Å². The van der Waals surface area contributed by atoms with E-state index >= 15 is 0 Å². The molecule has 0 atom stereocenters. The number of amides is 2. The van der Waals surface area contributed by atoms with Gasteiger partial charge >= 0.3 is 0 Å². The van der Waals surface area contributed by atoms with Gasteiger partial charge in [0, 0.05) is 38.8 Å². The number of rotatable bonds is 4. The van der Waals surface area contributed by atoms with Gasteiger partial charge in [0.2, 0.25) is 5.91 Å². The van der Waals surface area contributed by atoms with Gasteiger partial charge in [-0.25, -0.2) is 4.98 Å². The molecule has 2 aromatic rings. The molecule has 26 heavy (non-hydrogen) atoms. The highest BCUT2D eigenvalue weighted by Gasteiger charge is 2.23. The Morgan fingerprint density at radius 1 is 0.962 bits per heavy atom. The molecule has 3 rings (SSSR count). The lowest BCUT2D eigenvalue weighted by Crippen LogP contribution is -2.50. The molecule has 2 heterocycles. The Hall–Kier alpha value is -2.89. The van der Waals surface area contributed by atoms with Gasteiger partial charge in [-0.15, -0.1) is 0 Å². The summed E-state index contributed by atoms with van der Waals surface area (Å²) in [5.41, 5.74) is 3.54. The maximum absolute atomic E-state index is 12.6. The minimum absolute atomic E-state index is 0.0534. The van der Waals surface area contributed by atoms with E-state index in [9.17, 15) is 9.59 Å². The molecule has 1 aromatic carbocycles. The van der Waals surface area contributed by atoms with Crippen molar-refractivity contribution in [3.63, 3.8) is 0 Å². The summed E-state index contributed by atoms with van der Waals surface area (Å²) in [5, 5.41) is 3.29. The molecule has 6 heteroatoms. The zero-order valence-electron chi connectivity index (χ0n) is 15.2. The van der Waals surface area contributed by atoms with Crippen LogP contribution in [0.25, 0.3) is 0 Å². The predicted octanol–water partition coefficient (Wildman–Crippen LogP) is 2.69. The molecular formula is C20H24N4O2. The lowest BCUT2D eigenvalue weighted by molar-refractivity contribution is -0.130. The number of nitrogens with zero attached hydrogens (tertiary/aromatic N) is 3. The summed E-state index contributed by atoms with van der Waals surface area (Å²) >= 11 is 0. The highest BCUT2D eigenvalue weighted by Crippen LogP contribution is 2.17.